The normalized spacial score (nSPS) is 16.7. The molecular weight excluding hydrogens is 364 g/mol. The molecule has 0 N–H and O–H groups in total. The smallest absolute Gasteiger partial charge is 0.191 e. The molecule has 5 nitrogen and oxygen atoms in total. The average Bonchev–Trinajstić information content (AvgIpc) is 3.43. The summed E-state index contributed by atoms with van der Waals surface area (Å²) < 4.78 is 8.02. The molecule has 26 heavy (non-hydrogen) atoms. The lowest BCUT2D eigenvalue weighted by molar-refractivity contribution is 0.0953. The van der Waals surface area contributed by atoms with Gasteiger partial charge in [-0.05, 0) is 42.0 Å². The van der Waals surface area contributed by atoms with E-state index in [2.05, 4.69) is 32.3 Å². The molecule has 132 valence electrons. The molecule has 7 heteroatoms. The molecule has 4 rings (SSSR count). The largest absolute Gasteiger partial charge is 0.376 e. The molecule has 3 heterocycles. The second-order valence-electron chi connectivity index (χ2n) is 6.13. The monoisotopic (exact) mass is 382 g/mol. The number of rotatable bonds is 6. The summed E-state index contributed by atoms with van der Waals surface area (Å²) in [5.74, 6) is 1.71. The van der Waals surface area contributed by atoms with Crippen molar-refractivity contribution in [2.75, 3.05) is 6.61 Å². The highest BCUT2D eigenvalue weighted by Crippen LogP contribution is 2.30. The first kappa shape index (κ1) is 17.3. The van der Waals surface area contributed by atoms with Crippen LogP contribution in [0.3, 0.4) is 0 Å². The maximum absolute atomic E-state index is 8.91. The molecular formula is C19H18N4OS2. The first-order chi connectivity index (χ1) is 12.8. The molecule has 1 aliphatic rings. The Morgan fingerprint density at radius 3 is 2.85 bits per heavy atom. The lowest BCUT2D eigenvalue weighted by atomic mass is 10.2. The molecule has 1 aliphatic heterocycles. The number of thiophene rings is 1. The molecule has 0 aliphatic carbocycles. The van der Waals surface area contributed by atoms with Crippen LogP contribution in [-0.2, 0) is 17.0 Å². The summed E-state index contributed by atoms with van der Waals surface area (Å²) in [6, 6.07) is 14.0. The highest BCUT2D eigenvalue weighted by molar-refractivity contribution is 7.98. The summed E-state index contributed by atoms with van der Waals surface area (Å²) in [5.41, 5.74) is 1.85. The van der Waals surface area contributed by atoms with Crippen molar-refractivity contribution in [1.82, 2.24) is 14.8 Å². The van der Waals surface area contributed by atoms with E-state index >= 15 is 0 Å². The Morgan fingerprint density at radius 2 is 2.15 bits per heavy atom. The number of hydrogen-bond acceptors (Lipinski definition) is 6. The third kappa shape index (κ3) is 3.83. The van der Waals surface area contributed by atoms with Crippen molar-refractivity contribution >= 4 is 23.1 Å². The lowest BCUT2D eigenvalue weighted by Crippen LogP contribution is -2.16. The van der Waals surface area contributed by atoms with Crippen LogP contribution in [0.25, 0.3) is 10.7 Å². The van der Waals surface area contributed by atoms with E-state index in [1.54, 1.807) is 23.1 Å². The topological polar surface area (TPSA) is 63.7 Å². The van der Waals surface area contributed by atoms with Crippen molar-refractivity contribution in [2.24, 2.45) is 0 Å². The SMILES string of the molecule is N#Cc1ccc(CSc2nnc(-c3cccs3)n2C[C@H]2CCCO2)cc1. The van der Waals surface area contributed by atoms with Gasteiger partial charge in [-0.15, -0.1) is 21.5 Å². The summed E-state index contributed by atoms with van der Waals surface area (Å²) in [6.07, 6.45) is 2.44. The third-order valence-corrected chi connectivity index (χ3v) is 6.22. The van der Waals surface area contributed by atoms with Crippen LogP contribution in [0.5, 0.6) is 0 Å². The molecule has 0 bridgehead atoms. The van der Waals surface area contributed by atoms with E-state index < -0.39 is 0 Å². The molecule has 0 amide bonds. The lowest BCUT2D eigenvalue weighted by Gasteiger charge is -2.14. The predicted octanol–water partition coefficient (Wildman–Crippen LogP) is 4.35. The molecule has 3 aromatic rings. The van der Waals surface area contributed by atoms with E-state index in [1.165, 1.54) is 5.56 Å². The van der Waals surface area contributed by atoms with Gasteiger partial charge in [0, 0.05) is 12.4 Å². The Kier molecular flexibility index (Phi) is 5.34. The van der Waals surface area contributed by atoms with E-state index in [4.69, 9.17) is 10.00 Å². The molecule has 2 aromatic heterocycles. The number of nitriles is 1. The molecule has 0 saturated carbocycles. The standard InChI is InChI=1S/C19H18N4OS2/c20-11-14-5-7-15(8-6-14)13-26-19-22-21-18(17-4-2-10-25-17)23(19)12-16-3-1-9-24-16/h2,4-8,10,16H,1,3,9,12-13H2/t16-/m1/s1. The molecule has 1 fully saturated rings. The Balaban J connectivity index is 1.55. The summed E-state index contributed by atoms with van der Waals surface area (Å²) >= 11 is 3.35. The zero-order chi connectivity index (χ0) is 17.8. The molecule has 1 saturated heterocycles. The fraction of sp³-hybridized carbons (Fsp3) is 0.316. The van der Waals surface area contributed by atoms with Gasteiger partial charge in [0.15, 0.2) is 11.0 Å². The third-order valence-electron chi connectivity index (χ3n) is 4.32. The number of benzene rings is 1. The maximum Gasteiger partial charge on any atom is 0.191 e. The number of thioether (sulfide) groups is 1. The van der Waals surface area contributed by atoms with Crippen LogP contribution in [0.2, 0.25) is 0 Å². The van der Waals surface area contributed by atoms with Crippen LogP contribution in [0.4, 0.5) is 0 Å². The van der Waals surface area contributed by atoms with Crippen molar-refractivity contribution in [3.63, 3.8) is 0 Å². The van der Waals surface area contributed by atoms with Gasteiger partial charge in [-0.1, -0.05) is 30.0 Å². The second kappa shape index (κ2) is 8.04. The van der Waals surface area contributed by atoms with Gasteiger partial charge >= 0.3 is 0 Å². The number of aromatic nitrogens is 3. The van der Waals surface area contributed by atoms with Gasteiger partial charge in [0.05, 0.1) is 29.2 Å². The van der Waals surface area contributed by atoms with Crippen LogP contribution in [0.15, 0.2) is 46.9 Å². The second-order valence-corrected chi connectivity index (χ2v) is 8.02. The van der Waals surface area contributed by atoms with E-state index in [1.807, 2.05) is 30.3 Å². The van der Waals surface area contributed by atoms with Crippen LogP contribution in [-0.4, -0.2) is 27.5 Å². The molecule has 1 atom stereocenters. The Labute approximate surface area is 160 Å². The molecule has 1 aromatic carbocycles. The quantitative estimate of drug-likeness (QED) is 0.593. The number of ether oxygens (including phenoxy) is 1. The average molecular weight is 383 g/mol. The zero-order valence-electron chi connectivity index (χ0n) is 14.2. The van der Waals surface area contributed by atoms with Crippen LogP contribution in [0, 0.1) is 11.3 Å². The van der Waals surface area contributed by atoms with Crippen LogP contribution < -0.4 is 0 Å². The minimum Gasteiger partial charge on any atom is -0.376 e. The van der Waals surface area contributed by atoms with E-state index in [0.29, 0.717) is 5.56 Å². The Hall–Kier alpha value is -2.14. The zero-order valence-corrected chi connectivity index (χ0v) is 15.8. The summed E-state index contributed by atoms with van der Waals surface area (Å²) in [6.45, 7) is 1.63. The molecule has 0 spiro atoms. The van der Waals surface area contributed by atoms with Gasteiger partial charge in [0.1, 0.15) is 0 Å². The van der Waals surface area contributed by atoms with Crippen LogP contribution in [0.1, 0.15) is 24.0 Å². The maximum atomic E-state index is 8.91. The van der Waals surface area contributed by atoms with Crippen molar-refractivity contribution in [1.29, 1.82) is 5.26 Å². The van der Waals surface area contributed by atoms with Crippen molar-refractivity contribution in [2.45, 2.75) is 36.4 Å². The molecule has 0 unspecified atom stereocenters. The van der Waals surface area contributed by atoms with Gasteiger partial charge in [0.25, 0.3) is 0 Å². The number of hydrogen-bond donors (Lipinski definition) is 0. The van der Waals surface area contributed by atoms with E-state index in [-0.39, 0.29) is 6.10 Å². The van der Waals surface area contributed by atoms with Gasteiger partial charge < -0.3 is 4.74 Å². The number of nitrogens with zero attached hydrogens (tertiary/aromatic N) is 4. The minimum absolute atomic E-state index is 0.235. The highest BCUT2D eigenvalue weighted by Gasteiger charge is 2.22. The first-order valence-corrected chi connectivity index (χ1v) is 10.4. The van der Waals surface area contributed by atoms with Crippen molar-refractivity contribution < 1.29 is 4.74 Å². The van der Waals surface area contributed by atoms with Crippen LogP contribution >= 0.6 is 23.1 Å². The fourth-order valence-electron chi connectivity index (χ4n) is 2.96. The van der Waals surface area contributed by atoms with Gasteiger partial charge in [-0.25, -0.2) is 0 Å². The van der Waals surface area contributed by atoms with Crippen molar-refractivity contribution in [3.05, 3.63) is 52.9 Å². The van der Waals surface area contributed by atoms with Gasteiger partial charge in [-0.2, -0.15) is 5.26 Å². The summed E-state index contributed by atoms with van der Waals surface area (Å²) in [7, 11) is 0. The minimum atomic E-state index is 0.235. The fourth-order valence-corrected chi connectivity index (χ4v) is 4.58. The molecule has 0 radical (unpaired) electrons. The van der Waals surface area contributed by atoms with E-state index in [9.17, 15) is 0 Å². The highest BCUT2D eigenvalue weighted by atomic mass is 32.2. The summed E-state index contributed by atoms with van der Waals surface area (Å²) in [4.78, 5) is 1.13. The van der Waals surface area contributed by atoms with Gasteiger partial charge in [0.2, 0.25) is 0 Å². The predicted molar refractivity (Wildman–Crippen MR) is 103 cm³/mol. The van der Waals surface area contributed by atoms with Gasteiger partial charge in [-0.3, -0.25) is 4.57 Å². The Morgan fingerprint density at radius 1 is 1.27 bits per heavy atom. The van der Waals surface area contributed by atoms with Crippen molar-refractivity contribution in [3.8, 4) is 16.8 Å². The van der Waals surface area contributed by atoms with E-state index in [0.717, 1.165) is 47.6 Å². The Bertz CT molecular complexity index is 891. The summed E-state index contributed by atoms with van der Waals surface area (Å²) in [5, 5.41) is 20.8. The first-order valence-electron chi connectivity index (χ1n) is 8.54.